The van der Waals surface area contributed by atoms with E-state index in [0.29, 0.717) is 6.54 Å². The van der Waals surface area contributed by atoms with Gasteiger partial charge in [0, 0.05) is 13.1 Å². The lowest BCUT2D eigenvalue weighted by molar-refractivity contribution is 0.191. The van der Waals surface area contributed by atoms with Crippen LogP contribution in [0.3, 0.4) is 0 Å². The van der Waals surface area contributed by atoms with E-state index in [0.717, 1.165) is 6.54 Å². The normalized spacial score (nSPS) is 12.9. The summed E-state index contributed by atoms with van der Waals surface area (Å²) in [6.07, 6.45) is -0.277. The first-order valence-corrected chi connectivity index (χ1v) is 5.04. The summed E-state index contributed by atoms with van der Waals surface area (Å²) < 4.78 is 0. The van der Waals surface area contributed by atoms with E-state index >= 15 is 0 Å². The molecule has 0 fully saturated rings. The molecule has 14 heavy (non-hydrogen) atoms. The fraction of sp³-hybridized carbons (Fsp3) is 0.500. The molecule has 0 aliphatic heterocycles. The van der Waals surface area contributed by atoms with E-state index in [1.165, 1.54) is 16.7 Å². The van der Waals surface area contributed by atoms with Gasteiger partial charge >= 0.3 is 0 Å². The molecule has 0 bridgehead atoms. The fourth-order valence-electron chi connectivity index (χ4n) is 1.60. The molecule has 1 rings (SSSR count). The van der Waals surface area contributed by atoms with Crippen LogP contribution in [0.5, 0.6) is 0 Å². The first kappa shape index (κ1) is 11.2. The first-order chi connectivity index (χ1) is 6.58. The molecule has 78 valence electrons. The second-order valence-corrected chi connectivity index (χ2v) is 3.98. The molecule has 2 N–H and O–H groups in total. The van der Waals surface area contributed by atoms with Crippen molar-refractivity contribution >= 4 is 0 Å². The van der Waals surface area contributed by atoms with Gasteiger partial charge in [-0.15, -0.1) is 0 Å². The van der Waals surface area contributed by atoms with Crippen LogP contribution in [0.25, 0.3) is 0 Å². The van der Waals surface area contributed by atoms with Crippen LogP contribution in [-0.2, 0) is 6.54 Å². The minimum Gasteiger partial charge on any atom is -0.392 e. The minimum absolute atomic E-state index is 0.277. The molecule has 1 aromatic rings. The van der Waals surface area contributed by atoms with E-state index in [9.17, 15) is 0 Å². The molecule has 0 saturated carbocycles. The molecule has 2 heteroatoms. The van der Waals surface area contributed by atoms with Crippen LogP contribution in [0.1, 0.15) is 23.6 Å². The Morgan fingerprint density at radius 2 is 1.79 bits per heavy atom. The molecule has 0 amide bonds. The van der Waals surface area contributed by atoms with Crippen LogP contribution < -0.4 is 5.32 Å². The Hall–Kier alpha value is -0.860. The molecule has 0 aromatic heterocycles. The van der Waals surface area contributed by atoms with Gasteiger partial charge in [0.2, 0.25) is 0 Å². The van der Waals surface area contributed by atoms with Crippen LogP contribution in [0, 0.1) is 13.8 Å². The maximum Gasteiger partial charge on any atom is 0.0636 e. The molecule has 0 saturated heterocycles. The standard InChI is InChI=1S/C12H19NO/c1-9-4-10(2)6-12(5-9)8-13-7-11(3)14/h4-6,11,13-14H,7-8H2,1-3H3. The maximum atomic E-state index is 9.08. The van der Waals surface area contributed by atoms with E-state index in [2.05, 4.69) is 37.4 Å². The SMILES string of the molecule is Cc1cc(C)cc(CNCC(C)O)c1. The van der Waals surface area contributed by atoms with Crippen LogP contribution in [0.15, 0.2) is 18.2 Å². The smallest absolute Gasteiger partial charge is 0.0636 e. The molecule has 0 heterocycles. The van der Waals surface area contributed by atoms with Crippen molar-refractivity contribution in [1.29, 1.82) is 0 Å². The Morgan fingerprint density at radius 1 is 1.21 bits per heavy atom. The van der Waals surface area contributed by atoms with Crippen LogP contribution in [0.2, 0.25) is 0 Å². The van der Waals surface area contributed by atoms with Crippen molar-refractivity contribution in [2.75, 3.05) is 6.54 Å². The summed E-state index contributed by atoms with van der Waals surface area (Å²) >= 11 is 0. The highest BCUT2D eigenvalue weighted by atomic mass is 16.3. The van der Waals surface area contributed by atoms with Crippen molar-refractivity contribution in [2.24, 2.45) is 0 Å². The Labute approximate surface area is 86.0 Å². The van der Waals surface area contributed by atoms with Gasteiger partial charge in [0.25, 0.3) is 0 Å². The number of hydrogen-bond donors (Lipinski definition) is 2. The predicted molar refractivity (Wildman–Crippen MR) is 59.3 cm³/mol. The predicted octanol–water partition coefficient (Wildman–Crippen LogP) is 1.77. The third-order valence-electron chi connectivity index (χ3n) is 2.05. The Bertz CT molecular complexity index is 274. The van der Waals surface area contributed by atoms with E-state index in [-0.39, 0.29) is 6.10 Å². The number of aliphatic hydroxyl groups is 1. The van der Waals surface area contributed by atoms with Crippen LogP contribution >= 0.6 is 0 Å². The summed E-state index contributed by atoms with van der Waals surface area (Å²) in [5.41, 5.74) is 3.86. The fourth-order valence-corrected chi connectivity index (χ4v) is 1.60. The highest BCUT2D eigenvalue weighted by molar-refractivity contribution is 5.28. The van der Waals surface area contributed by atoms with Gasteiger partial charge in [-0.05, 0) is 26.3 Å². The van der Waals surface area contributed by atoms with Crippen molar-refractivity contribution in [3.05, 3.63) is 34.9 Å². The Kier molecular flexibility index (Phi) is 4.11. The first-order valence-electron chi connectivity index (χ1n) is 5.04. The summed E-state index contributed by atoms with van der Waals surface area (Å²) in [5, 5.41) is 12.3. The van der Waals surface area contributed by atoms with Crippen molar-refractivity contribution in [2.45, 2.75) is 33.4 Å². The van der Waals surface area contributed by atoms with Crippen molar-refractivity contribution in [3.63, 3.8) is 0 Å². The number of aliphatic hydroxyl groups excluding tert-OH is 1. The maximum absolute atomic E-state index is 9.08. The lowest BCUT2D eigenvalue weighted by atomic mass is 10.1. The van der Waals surface area contributed by atoms with Crippen LogP contribution in [0.4, 0.5) is 0 Å². The zero-order chi connectivity index (χ0) is 10.6. The van der Waals surface area contributed by atoms with E-state index in [4.69, 9.17) is 5.11 Å². The summed E-state index contributed by atoms with van der Waals surface area (Å²) in [6, 6.07) is 6.50. The third kappa shape index (κ3) is 3.90. The van der Waals surface area contributed by atoms with Crippen molar-refractivity contribution in [1.82, 2.24) is 5.32 Å². The van der Waals surface area contributed by atoms with Crippen molar-refractivity contribution < 1.29 is 5.11 Å². The third-order valence-corrected chi connectivity index (χ3v) is 2.05. The van der Waals surface area contributed by atoms with Gasteiger partial charge in [0.15, 0.2) is 0 Å². The number of hydrogen-bond acceptors (Lipinski definition) is 2. The Morgan fingerprint density at radius 3 is 2.29 bits per heavy atom. The monoisotopic (exact) mass is 193 g/mol. The molecule has 1 atom stereocenters. The van der Waals surface area contributed by atoms with Gasteiger partial charge in [-0.2, -0.15) is 0 Å². The molecular formula is C12H19NO. The van der Waals surface area contributed by atoms with Gasteiger partial charge in [-0.25, -0.2) is 0 Å². The zero-order valence-electron chi connectivity index (χ0n) is 9.17. The van der Waals surface area contributed by atoms with Gasteiger partial charge in [-0.3, -0.25) is 0 Å². The lowest BCUT2D eigenvalue weighted by Gasteiger charge is -2.08. The van der Waals surface area contributed by atoms with Crippen molar-refractivity contribution in [3.8, 4) is 0 Å². The number of nitrogens with one attached hydrogen (secondary N) is 1. The van der Waals surface area contributed by atoms with Gasteiger partial charge in [0.1, 0.15) is 0 Å². The zero-order valence-corrected chi connectivity index (χ0v) is 9.17. The molecule has 2 nitrogen and oxygen atoms in total. The Balaban J connectivity index is 2.50. The largest absolute Gasteiger partial charge is 0.392 e. The molecule has 1 aromatic carbocycles. The average molecular weight is 193 g/mol. The topological polar surface area (TPSA) is 32.3 Å². The molecule has 0 aliphatic rings. The molecule has 1 unspecified atom stereocenters. The summed E-state index contributed by atoms with van der Waals surface area (Å²) in [6.45, 7) is 7.46. The number of rotatable bonds is 4. The van der Waals surface area contributed by atoms with E-state index in [1.54, 1.807) is 6.92 Å². The summed E-state index contributed by atoms with van der Waals surface area (Å²) in [4.78, 5) is 0. The highest BCUT2D eigenvalue weighted by Gasteiger charge is 1.97. The minimum atomic E-state index is -0.277. The summed E-state index contributed by atoms with van der Waals surface area (Å²) in [7, 11) is 0. The average Bonchev–Trinajstić information content (AvgIpc) is 2.01. The van der Waals surface area contributed by atoms with Gasteiger partial charge < -0.3 is 10.4 Å². The van der Waals surface area contributed by atoms with E-state index < -0.39 is 0 Å². The quantitative estimate of drug-likeness (QED) is 0.764. The number of benzene rings is 1. The molecular weight excluding hydrogens is 174 g/mol. The molecule has 0 aliphatic carbocycles. The second-order valence-electron chi connectivity index (χ2n) is 3.98. The van der Waals surface area contributed by atoms with Crippen LogP contribution in [-0.4, -0.2) is 17.8 Å². The summed E-state index contributed by atoms with van der Waals surface area (Å²) in [5.74, 6) is 0. The molecule has 0 radical (unpaired) electrons. The van der Waals surface area contributed by atoms with E-state index in [1.807, 2.05) is 0 Å². The lowest BCUT2D eigenvalue weighted by Crippen LogP contribution is -2.23. The van der Waals surface area contributed by atoms with Gasteiger partial charge in [0.05, 0.1) is 6.10 Å². The highest BCUT2D eigenvalue weighted by Crippen LogP contribution is 2.08. The molecule has 0 spiro atoms. The van der Waals surface area contributed by atoms with Gasteiger partial charge in [-0.1, -0.05) is 29.3 Å². The number of aryl methyl sites for hydroxylation is 2. The second kappa shape index (κ2) is 5.13.